The zero-order valence-electron chi connectivity index (χ0n) is 28.2. The van der Waals surface area contributed by atoms with Crippen molar-refractivity contribution in [1.82, 2.24) is 21.4 Å². The van der Waals surface area contributed by atoms with E-state index in [9.17, 15) is 18.7 Å². The standard InChI is InChI=1S/C31H53BFN4O9/c1-20(2)11-12-24-30(5,45-24)27-26(41-6)23(13-14-31(27)19-43-31)44-29(40)37-22(21(3)4)18-42-28(39)35-16-10-8-7-9-15-34-25(38)17-36-46-32-33/h11,21-24,26-27,36H,7-10,12-19H2,1-6H3,(H,34,38)(H,35,39)(H,37,40)/t22-,23?,24+,26?,27?,30?,31-/m0/s1. The summed E-state index contributed by atoms with van der Waals surface area (Å²) in [6.07, 6.45) is 5.68. The average Bonchev–Trinajstić information content (AvgIpc) is 3.92. The molecule has 3 rings (SSSR count). The largest absolute Gasteiger partial charge is 0.553 e. The van der Waals surface area contributed by atoms with Gasteiger partial charge in [0.25, 0.3) is 0 Å². The van der Waals surface area contributed by atoms with Crippen LogP contribution in [-0.4, -0.2) is 101 Å². The van der Waals surface area contributed by atoms with Crippen LogP contribution in [0.1, 0.15) is 79.6 Å². The molecule has 15 heteroatoms. The van der Waals surface area contributed by atoms with Gasteiger partial charge in [0.1, 0.15) is 30.0 Å². The molecule has 3 aliphatic rings. The summed E-state index contributed by atoms with van der Waals surface area (Å²) in [5.74, 6) is -0.377. The zero-order valence-corrected chi connectivity index (χ0v) is 28.2. The molecular formula is C31H53BFN4O9. The smallest absolute Gasteiger partial charge is 0.447 e. The number of halogens is 1. The first-order valence-corrected chi connectivity index (χ1v) is 16.4. The molecular weight excluding hydrogens is 602 g/mol. The van der Waals surface area contributed by atoms with E-state index in [-0.39, 0.29) is 56.5 Å². The van der Waals surface area contributed by atoms with Crippen molar-refractivity contribution in [3.63, 3.8) is 0 Å². The lowest BCUT2D eigenvalue weighted by molar-refractivity contribution is -0.121. The Morgan fingerprint density at radius 2 is 1.78 bits per heavy atom. The minimum absolute atomic E-state index is 0.00252. The third kappa shape index (κ3) is 11.4. The quantitative estimate of drug-likeness (QED) is 0.0504. The number of hydrogen-bond acceptors (Lipinski definition) is 10. The van der Waals surface area contributed by atoms with E-state index < -0.39 is 29.9 Å². The summed E-state index contributed by atoms with van der Waals surface area (Å²) in [4.78, 5) is 36.8. The number of hydrogen-bond donors (Lipinski definition) is 4. The third-order valence-electron chi connectivity index (χ3n) is 9.05. The van der Waals surface area contributed by atoms with Crippen LogP contribution >= 0.6 is 0 Å². The lowest BCUT2D eigenvalue weighted by atomic mass is 9.68. The predicted octanol–water partition coefficient (Wildman–Crippen LogP) is 3.24. The molecule has 261 valence electrons. The normalized spacial score (nSPS) is 28.6. The van der Waals surface area contributed by atoms with E-state index in [2.05, 4.69) is 53.0 Å². The van der Waals surface area contributed by atoms with Gasteiger partial charge >= 0.3 is 19.9 Å². The van der Waals surface area contributed by atoms with Crippen LogP contribution in [0.4, 0.5) is 13.9 Å². The fourth-order valence-corrected chi connectivity index (χ4v) is 6.23. The van der Waals surface area contributed by atoms with E-state index in [0.29, 0.717) is 26.1 Å². The van der Waals surface area contributed by atoms with Gasteiger partial charge in [-0.15, -0.1) is 0 Å². The second-order valence-electron chi connectivity index (χ2n) is 13.1. The molecule has 13 nitrogen and oxygen atoms in total. The van der Waals surface area contributed by atoms with Crippen molar-refractivity contribution in [3.8, 4) is 0 Å². The van der Waals surface area contributed by atoms with Gasteiger partial charge in [-0.05, 0) is 58.8 Å². The van der Waals surface area contributed by atoms with Crippen LogP contribution in [0.2, 0.25) is 0 Å². The van der Waals surface area contributed by atoms with Gasteiger partial charge in [-0.1, -0.05) is 38.3 Å². The Hall–Kier alpha value is -2.46. The van der Waals surface area contributed by atoms with E-state index in [1.165, 1.54) is 5.57 Å². The van der Waals surface area contributed by atoms with Gasteiger partial charge in [-0.25, -0.2) is 15.1 Å². The highest BCUT2D eigenvalue weighted by atomic mass is 19.1. The van der Waals surface area contributed by atoms with E-state index in [1.807, 2.05) is 13.8 Å². The molecule has 1 radical (unpaired) electrons. The van der Waals surface area contributed by atoms with Crippen molar-refractivity contribution in [1.29, 1.82) is 0 Å². The average molecular weight is 656 g/mol. The Labute approximate surface area is 273 Å². The third-order valence-corrected chi connectivity index (χ3v) is 9.05. The van der Waals surface area contributed by atoms with Crippen LogP contribution < -0.4 is 21.4 Å². The number of hydroxylamine groups is 1. The Morgan fingerprint density at radius 3 is 2.39 bits per heavy atom. The molecule has 0 aromatic rings. The number of allylic oxidation sites excluding steroid dienone is 1. The number of methoxy groups -OCH3 is 1. The number of epoxide rings is 2. The molecule has 1 spiro atoms. The lowest BCUT2D eigenvalue weighted by Crippen LogP contribution is -2.56. The molecule has 2 heterocycles. The summed E-state index contributed by atoms with van der Waals surface area (Å²) in [5.41, 5.74) is 2.66. The number of alkyl carbamates (subject to hydrolysis) is 2. The summed E-state index contributed by atoms with van der Waals surface area (Å²) in [6.45, 7) is 11.6. The number of amides is 3. The molecule has 0 aromatic heterocycles. The first-order valence-electron chi connectivity index (χ1n) is 16.4. The lowest BCUT2D eigenvalue weighted by Gasteiger charge is -2.42. The van der Waals surface area contributed by atoms with Crippen LogP contribution in [0.25, 0.3) is 0 Å². The summed E-state index contributed by atoms with van der Waals surface area (Å²) in [5, 5.41) is 8.30. The molecule has 7 atom stereocenters. The minimum Gasteiger partial charge on any atom is -0.447 e. The highest BCUT2D eigenvalue weighted by molar-refractivity contribution is 6.16. The van der Waals surface area contributed by atoms with Gasteiger partial charge in [-0.3, -0.25) is 9.11 Å². The van der Waals surface area contributed by atoms with E-state index in [1.54, 1.807) is 7.11 Å². The number of carbonyl (C=O) groups excluding carboxylic acids is 3. The van der Waals surface area contributed by atoms with Crippen molar-refractivity contribution in [2.45, 2.75) is 115 Å². The second-order valence-corrected chi connectivity index (χ2v) is 13.1. The number of unbranched alkanes of at least 4 members (excludes halogenated alkanes) is 3. The Kier molecular flexibility index (Phi) is 15.0. The summed E-state index contributed by atoms with van der Waals surface area (Å²) >= 11 is 0. The van der Waals surface area contributed by atoms with Crippen LogP contribution in [0.5, 0.6) is 0 Å². The van der Waals surface area contributed by atoms with Gasteiger partial charge in [0.2, 0.25) is 5.91 Å². The molecule has 3 amide bonds. The van der Waals surface area contributed by atoms with Crippen LogP contribution in [0.15, 0.2) is 11.6 Å². The predicted molar refractivity (Wildman–Crippen MR) is 168 cm³/mol. The van der Waals surface area contributed by atoms with E-state index >= 15 is 0 Å². The van der Waals surface area contributed by atoms with Gasteiger partial charge < -0.3 is 44.4 Å². The second kappa shape index (κ2) is 18.2. The molecule has 1 aliphatic carbocycles. The van der Waals surface area contributed by atoms with Crippen molar-refractivity contribution in [3.05, 3.63) is 11.6 Å². The molecule has 3 fully saturated rings. The maximum Gasteiger partial charge on any atom is 0.553 e. The SMILES string of the molecule is COC1C(OC(=O)N[C@@H](COC(=O)NCCCCCCNC(=O)CNO[B]F)C(C)C)CC[C@]2(CO2)C1C1(C)O[C@@H]1CC=C(C)C. The number of carbonyl (C=O) groups is 3. The van der Waals surface area contributed by atoms with Crippen LogP contribution in [0.3, 0.4) is 0 Å². The van der Waals surface area contributed by atoms with Crippen LogP contribution in [0, 0.1) is 11.8 Å². The highest BCUT2D eigenvalue weighted by Gasteiger charge is 2.72. The van der Waals surface area contributed by atoms with Crippen molar-refractivity contribution in [2.24, 2.45) is 11.8 Å². The molecule has 46 heavy (non-hydrogen) atoms. The fraction of sp³-hybridized carbons (Fsp3) is 0.839. The van der Waals surface area contributed by atoms with Gasteiger partial charge in [-0.2, -0.15) is 0 Å². The Balaban J connectivity index is 1.36. The summed E-state index contributed by atoms with van der Waals surface area (Å²) in [6, 6.07) is -0.443. The van der Waals surface area contributed by atoms with Crippen molar-refractivity contribution >= 4 is 25.9 Å². The van der Waals surface area contributed by atoms with Crippen molar-refractivity contribution in [2.75, 3.05) is 40.0 Å². The molecule has 0 bridgehead atoms. The topological polar surface area (TPSA) is 161 Å². The first-order chi connectivity index (χ1) is 22.0. The monoisotopic (exact) mass is 655 g/mol. The first kappa shape index (κ1) is 38.0. The molecule has 4 N–H and O–H groups in total. The number of rotatable bonds is 20. The van der Waals surface area contributed by atoms with Gasteiger partial charge in [0.15, 0.2) is 0 Å². The highest BCUT2D eigenvalue weighted by Crippen LogP contribution is 2.59. The molecule has 4 unspecified atom stereocenters. The fourth-order valence-electron chi connectivity index (χ4n) is 6.23. The molecule has 0 aromatic carbocycles. The maximum atomic E-state index is 13.1. The molecule has 2 saturated heterocycles. The van der Waals surface area contributed by atoms with Crippen LogP contribution in [-0.2, 0) is 33.2 Å². The van der Waals surface area contributed by atoms with Crippen molar-refractivity contribution < 1.29 is 47.1 Å². The Morgan fingerprint density at radius 1 is 1.09 bits per heavy atom. The number of ether oxygens (including phenoxy) is 5. The van der Waals surface area contributed by atoms with E-state index in [4.69, 9.17) is 23.7 Å². The molecule has 2 aliphatic heterocycles. The number of nitrogens with one attached hydrogen (secondary N) is 4. The Bertz CT molecular complexity index is 1030. The summed E-state index contributed by atoms with van der Waals surface area (Å²) in [7, 11) is 1.60. The van der Waals surface area contributed by atoms with Gasteiger partial charge in [0.05, 0.1) is 31.2 Å². The van der Waals surface area contributed by atoms with E-state index in [0.717, 1.165) is 38.5 Å². The maximum absolute atomic E-state index is 13.1. The molecule has 1 saturated carbocycles. The summed E-state index contributed by atoms with van der Waals surface area (Å²) < 4.78 is 45.4. The zero-order chi connectivity index (χ0) is 33.7. The van der Waals surface area contributed by atoms with Gasteiger partial charge in [0, 0.05) is 20.2 Å². The minimum atomic E-state index is -0.580.